The number of Topliss-reactive ketones (excluding diaryl/α,β-unsaturated/α-hetero) is 1. The largest absolute Gasteiger partial charge is 0.298 e. The van der Waals surface area contributed by atoms with Gasteiger partial charge in [-0.25, -0.2) is 8.78 Å². The number of hydrogen-bond acceptors (Lipinski definition) is 2. The van der Waals surface area contributed by atoms with Crippen molar-refractivity contribution in [1.29, 1.82) is 0 Å². The van der Waals surface area contributed by atoms with Gasteiger partial charge < -0.3 is 0 Å². The van der Waals surface area contributed by atoms with Gasteiger partial charge in [-0.15, -0.1) is 0 Å². The van der Waals surface area contributed by atoms with Crippen LogP contribution in [0.3, 0.4) is 0 Å². The summed E-state index contributed by atoms with van der Waals surface area (Å²) in [6, 6.07) is 8.96. The highest BCUT2D eigenvalue weighted by atomic mass is 19.1. The van der Waals surface area contributed by atoms with Gasteiger partial charge in [-0.05, 0) is 41.5 Å². The van der Waals surface area contributed by atoms with Crippen LogP contribution in [0.5, 0.6) is 0 Å². The number of halogens is 2. The Hall–Kier alpha value is -2.62. The molecule has 0 fully saturated rings. The molecule has 0 aromatic heterocycles. The molecule has 0 amide bonds. The smallest absolute Gasteiger partial charge is 0.195 e. The maximum absolute atomic E-state index is 13.3. The number of carbonyl (C=O) groups excluding carboxylic acids is 2. The average molecular weight is 270 g/mol. The Kier molecular flexibility index (Phi) is 2.79. The van der Waals surface area contributed by atoms with Gasteiger partial charge in [0.2, 0.25) is 0 Å². The van der Waals surface area contributed by atoms with Crippen LogP contribution in [0.4, 0.5) is 8.78 Å². The van der Waals surface area contributed by atoms with E-state index in [2.05, 4.69) is 0 Å². The number of rotatable bonds is 2. The predicted molar refractivity (Wildman–Crippen MR) is 70.0 cm³/mol. The minimum Gasteiger partial charge on any atom is -0.298 e. The van der Waals surface area contributed by atoms with Gasteiger partial charge in [-0.3, -0.25) is 9.59 Å². The molecule has 1 aliphatic rings. The molecule has 0 spiro atoms. The first-order valence-electron chi connectivity index (χ1n) is 5.92. The maximum Gasteiger partial charge on any atom is 0.195 e. The minimum atomic E-state index is -0.517. The number of benzene rings is 2. The van der Waals surface area contributed by atoms with Crippen LogP contribution in [0.2, 0.25) is 0 Å². The molecule has 2 nitrogen and oxygen atoms in total. The van der Waals surface area contributed by atoms with Gasteiger partial charge in [0.15, 0.2) is 12.1 Å². The zero-order valence-electron chi connectivity index (χ0n) is 10.2. The SMILES string of the molecule is O=CC1=C(c2ccc(F)cc2)C(=O)c2ccc(F)cc21. The summed E-state index contributed by atoms with van der Waals surface area (Å²) in [5, 5.41) is 0. The van der Waals surface area contributed by atoms with Crippen LogP contribution >= 0.6 is 0 Å². The fourth-order valence-corrected chi connectivity index (χ4v) is 2.35. The van der Waals surface area contributed by atoms with Gasteiger partial charge >= 0.3 is 0 Å². The van der Waals surface area contributed by atoms with E-state index >= 15 is 0 Å². The molecule has 2 aromatic rings. The molecule has 98 valence electrons. The van der Waals surface area contributed by atoms with Crippen molar-refractivity contribution in [2.45, 2.75) is 0 Å². The van der Waals surface area contributed by atoms with Crippen LogP contribution in [0.15, 0.2) is 42.5 Å². The van der Waals surface area contributed by atoms with Crippen LogP contribution in [-0.2, 0) is 4.79 Å². The lowest BCUT2D eigenvalue weighted by Gasteiger charge is -2.02. The second kappa shape index (κ2) is 4.49. The van der Waals surface area contributed by atoms with E-state index in [1.54, 1.807) is 0 Å². The summed E-state index contributed by atoms with van der Waals surface area (Å²) in [5.74, 6) is -1.30. The summed E-state index contributed by atoms with van der Waals surface area (Å²) in [6.07, 6.45) is 0.530. The van der Waals surface area contributed by atoms with Gasteiger partial charge in [0.1, 0.15) is 11.6 Å². The van der Waals surface area contributed by atoms with Crippen molar-refractivity contribution in [1.82, 2.24) is 0 Å². The van der Waals surface area contributed by atoms with Crippen molar-refractivity contribution in [2.24, 2.45) is 0 Å². The van der Waals surface area contributed by atoms with Crippen LogP contribution in [0.1, 0.15) is 21.5 Å². The highest BCUT2D eigenvalue weighted by molar-refractivity contribution is 6.46. The van der Waals surface area contributed by atoms with Crippen molar-refractivity contribution in [2.75, 3.05) is 0 Å². The van der Waals surface area contributed by atoms with E-state index in [9.17, 15) is 18.4 Å². The van der Waals surface area contributed by atoms with Crippen molar-refractivity contribution in [3.8, 4) is 0 Å². The van der Waals surface area contributed by atoms with E-state index in [1.807, 2.05) is 0 Å². The molecule has 0 bridgehead atoms. The molecule has 3 rings (SSSR count). The molecule has 0 radical (unpaired) electrons. The van der Waals surface area contributed by atoms with E-state index in [1.165, 1.54) is 36.4 Å². The molecule has 0 atom stereocenters. The molecule has 2 aromatic carbocycles. The third-order valence-corrected chi connectivity index (χ3v) is 3.26. The van der Waals surface area contributed by atoms with E-state index in [4.69, 9.17) is 0 Å². The van der Waals surface area contributed by atoms with Crippen LogP contribution in [0, 0.1) is 11.6 Å². The molecule has 20 heavy (non-hydrogen) atoms. The average Bonchev–Trinajstić information content (AvgIpc) is 2.72. The normalized spacial score (nSPS) is 13.6. The number of hydrogen-bond donors (Lipinski definition) is 0. The Morgan fingerprint density at radius 2 is 1.50 bits per heavy atom. The Bertz CT molecular complexity index is 759. The van der Waals surface area contributed by atoms with Crippen molar-refractivity contribution in [3.63, 3.8) is 0 Å². The van der Waals surface area contributed by atoms with Crippen molar-refractivity contribution < 1.29 is 18.4 Å². The molecular weight excluding hydrogens is 262 g/mol. The quantitative estimate of drug-likeness (QED) is 0.785. The first-order valence-corrected chi connectivity index (χ1v) is 5.92. The highest BCUT2D eigenvalue weighted by Gasteiger charge is 2.30. The predicted octanol–water partition coefficient (Wildman–Crippen LogP) is 3.27. The fourth-order valence-electron chi connectivity index (χ4n) is 2.35. The monoisotopic (exact) mass is 270 g/mol. The van der Waals surface area contributed by atoms with E-state index in [0.29, 0.717) is 11.8 Å². The second-order valence-electron chi connectivity index (χ2n) is 4.43. The number of ketones is 1. The van der Waals surface area contributed by atoms with Gasteiger partial charge in [0.05, 0.1) is 0 Å². The Morgan fingerprint density at radius 1 is 0.850 bits per heavy atom. The van der Waals surface area contributed by atoms with Crippen LogP contribution in [-0.4, -0.2) is 12.1 Å². The molecule has 0 saturated carbocycles. The number of allylic oxidation sites excluding steroid dienone is 2. The van der Waals surface area contributed by atoms with Gasteiger partial charge in [0.25, 0.3) is 0 Å². The Morgan fingerprint density at radius 3 is 2.15 bits per heavy atom. The Labute approximate surface area is 113 Å². The number of aldehydes is 1. The van der Waals surface area contributed by atoms with E-state index in [-0.39, 0.29) is 28.1 Å². The number of carbonyl (C=O) groups is 2. The van der Waals surface area contributed by atoms with E-state index in [0.717, 1.165) is 6.07 Å². The summed E-state index contributed by atoms with van der Waals surface area (Å²) in [6.45, 7) is 0. The van der Waals surface area contributed by atoms with Crippen LogP contribution < -0.4 is 0 Å². The topological polar surface area (TPSA) is 34.1 Å². The van der Waals surface area contributed by atoms with Gasteiger partial charge in [0, 0.05) is 16.7 Å². The summed E-state index contributed by atoms with van der Waals surface area (Å²) < 4.78 is 26.2. The zero-order chi connectivity index (χ0) is 14.3. The fraction of sp³-hybridized carbons (Fsp3) is 0. The Balaban J connectivity index is 2.24. The van der Waals surface area contributed by atoms with Crippen LogP contribution in [0.25, 0.3) is 11.1 Å². The molecule has 1 aliphatic carbocycles. The summed E-state index contributed by atoms with van der Waals surface area (Å²) in [5.41, 5.74) is 1.32. The third kappa shape index (κ3) is 1.77. The van der Waals surface area contributed by atoms with Crippen molar-refractivity contribution >= 4 is 23.2 Å². The van der Waals surface area contributed by atoms with E-state index < -0.39 is 11.6 Å². The second-order valence-corrected chi connectivity index (χ2v) is 4.43. The first-order chi connectivity index (χ1) is 9.61. The molecule has 0 unspecified atom stereocenters. The molecule has 0 N–H and O–H groups in total. The maximum atomic E-state index is 13.3. The first kappa shape index (κ1) is 12.4. The highest BCUT2D eigenvalue weighted by Crippen LogP contribution is 2.37. The lowest BCUT2D eigenvalue weighted by atomic mass is 10.0. The summed E-state index contributed by atoms with van der Waals surface area (Å²) >= 11 is 0. The lowest BCUT2D eigenvalue weighted by Crippen LogP contribution is -1.98. The molecule has 0 saturated heterocycles. The standard InChI is InChI=1S/C16H8F2O2/c17-10-3-1-9(2-4-10)15-14(8-19)13-7-11(18)5-6-12(13)16(15)20/h1-8H. The molecule has 0 aliphatic heterocycles. The zero-order valence-corrected chi connectivity index (χ0v) is 10.2. The lowest BCUT2D eigenvalue weighted by molar-refractivity contribution is -0.103. The van der Waals surface area contributed by atoms with Gasteiger partial charge in [-0.1, -0.05) is 12.1 Å². The minimum absolute atomic E-state index is 0.135. The number of fused-ring (bicyclic) bond motifs is 1. The molecule has 0 heterocycles. The van der Waals surface area contributed by atoms with Crippen molar-refractivity contribution in [3.05, 3.63) is 70.8 Å². The molecular formula is C16H8F2O2. The molecule has 4 heteroatoms. The summed E-state index contributed by atoms with van der Waals surface area (Å²) in [4.78, 5) is 23.6. The van der Waals surface area contributed by atoms with Gasteiger partial charge in [-0.2, -0.15) is 0 Å². The third-order valence-electron chi connectivity index (χ3n) is 3.26. The summed E-state index contributed by atoms with van der Waals surface area (Å²) in [7, 11) is 0.